The smallest absolute Gasteiger partial charge is 0.326 e. The Bertz CT molecular complexity index is 301. The summed E-state index contributed by atoms with van der Waals surface area (Å²) in [6.07, 6.45) is 3.43. The van der Waals surface area contributed by atoms with E-state index in [1.807, 2.05) is 20.8 Å². The van der Waals surface area contributed by atoms with Crippen LogP contribution < -0.4 is 5.32 Å². The fraction of sp³-hybridized carbons (Fsp3) is 0.846. The molecule has 5 nitrogen and oxygen atoms in total. The highest BCUT2D eigenvalue weighted by molar-refractivity contribution is 5.82. The summed E-state index contributed by atoms with van der Waals surface area (Å²) in [5.41, 5.74) is 0. The van der Waals surface area contributed by atoms with E-state index in [9.17, 15) is 9.59 Å². The fourth-order valence-electron chi connectivity index (χ4n) is 2.00. The van der Waals surface area contributed by atoms with Crippen LogP contribution in [0.4, 0.5) is 4.79 Å². The average Bonchev–Trinajstić information content (AvgIpc) is 3.07. The minimum atomic E-state index is -0.954. The number of rotatable bonds is 7. The van der Waals surface area contributed by atoms with Crippen LogP contribution in [0.3, 0.4) is 0 Å². The van der Waals surface area contributed by atoms with Crippen LogP contribution in [-0.2, 0) is 4.79 Å². The predicted molar refractivity (Wildman–Crippen MR) is 69.4 cm³/mol. The summed E-state index contributed by atoms with van der Waals surface area (Å²) in [5.74, 6) is -0.712. The molecule has 1 aliphatic rings. The lowest BCUT2D eigenvalue weighted by Crippen LogP contribution is -2.49. The number of carbonyl (C=O) groups excluding carboxylic acids is 1. The standard InChI is InChI=1S/C13H24N2O3/c1-4-7-15(10-5-6-10)13(18)14-11(12(16)17)8-9(2)3/h9-11H,4-8H2,1-3H3,(H,14,18)(H,16,17)/t11-/m1/s1. The minimum absolute atomic E-state index is 0.229. The maximum atomic E-state index is 12.1. The van der Waals surface area contributed by atoms with E-state index in [2.05, 4.69) is 5.32 Å². The molecule has 0 unspecified atom stereocenters. The van der Waals surface area contributed by atoms with Crippen LogP contribution in [-0.4, -0.2) is 40.6 Å². The van der Waals surface area contributed by atoms with E-state index in [0.717, 1.165) is 19.3 Å². The Morgan fingerprint density at radius 1 is 1.39 bits per heavy atom. The van der Waals surface area contributed by atoms with Gasteiger partial charge in [-0.25, -0.2) is 9.59 Å². The molecule has 1 aliphatic carbocycles. The summed E-state index contributed by atoms with van der Waals surface area (Å²) in [5, 5.41) is 11.7. The van der Waals surface area contributed by atoms with Crippen molar-refractivity contribution in [2.45, 2.75) is 58.5 Å². The monoisotopic (exact) mass is 256 g/mol. The van der Waals surface area contributed by atoms with Crippen LogP contribution in [0.2, 0.25) is 0 Å². The molecule has 2 amide bonds. The van der Waals surface area contributed by atoms with Gasteiger partial charge in [0.2, 0.25) is 0 Å². The molecule has 2 N–H and O–H groups in total. The second-order valence-corrected chi connectivity index (χ2v) is 5.39. The van der Waals surface area contributed by atoms with Gasteiger partial charge in [-0.05, 0) is 31.6 Å². The molecule has 1 fully saturated rings. The third kappa shape index (κ3) is 4.55. The van der Waals surface area contributed by atoms with Gasteiger partial charge >= 0.3 is 12.0 Å². The molecule has 1 saturated carbocycles. The normalized spacial score (nSPS) is 16.4. The Morgan fingerprint density at radius 3 is 2.39 bits per heavy atom. The first kappa shape index (κ1) is 14.8. The number of nitrogens with one attached hydrogen (secondary N) is 1. The van der Waals surface area contributed by atoms with Gasteiger partial charge in [-0.1, -0.05) is 20.8 Å². The third-order valence-electron chi connectivity index (χ3n) is 3.02. The van der Waals surface area contributed by atoms with Crippen molar-refractivity contribution in [3.63, 3.8) is 0 Å². The zero-order chi connectivity index (χ0) is 13.7. The van der Waals surface area contributed by atoms with E-state index < -0.39 is 12.0 Å². The quantitative estimate of drug-likeness (QED) is 0.732. The summed E-state index contributed by atoms with van der Waals surface area (Å²) in [6.45, 7) is 6.62. The summed E-state index contributed by atoms with van der Waals surface area (Å²) < 4.78 is 0. The number of carbonyl (C=O) groups is 2. The molecule has 0 spiro atoms. The second kappa shape index (κ2) is 6.61. The van der Waals surface area contributed by atoms with Crippen molar-refractivity contribution < 1.29 is 14.7 Å². The maximum Gasteiger partial charge on any atom is 0.326 e. The van der Waals surface area contributed by atoms with E-state index in [4.69, 9.17) is 5.11 Å². The highest BCUT2D eigenvalue weighted by Crippen LogP contribution is 2.27. The Balaban J connectivity index is 2.55. The van der Waals surface area contributed by atoms with Gasteiger partial charge in [0.15, 0.2) is 0 Å². The molecule has 0 heterocycles. The molecule has 104 valence electrons. The summed E-state index contributed by atoms with van der Waals surface area (Å²) in [7, 11) is 0. The molecule has 0 aliphatic heterocycles. The van der Waals surface area contributed by atoms with Gasteiger partial charge in [0.1, 0.15) is 6.04 Å². The van der Waals surface area contributed by atoms with E-state index in [-0.39, 0.29) is 11.9 Å². The van der Waals surface area contributed by atoms with Crippen LogP contribution >= 0.6 is 0 Å². The molecule has 0 aromatic rings. The topological polar surface area (TPSA) is 69.6 Å². The Morgan fingerprint density at radius 2 is 2.00 bits per heavy atom. The summed E-state index contributed by atoms with van der Waals surface area (Å²) in [4.78, 5) is 24.9. The van der Waals surface area contributed by atoms with Crippen molar-refractivity contribution >= 4 is 12.0 Å². The van der Waals surface area contributed by atoms with Crippen LogP contribution in [0, 0.1) is 5.92 Å². The molecule has 0 aromatic heterocycles. The molecule has 0 bridgehead atoms. The number of amides is 2. The molecule has 1 atom stereocenters. The largest absolute Gasteiger partial charge is 0.480 e. The van der Waals surface area contributed by atoms with Gasteiger partial charge in [0.25, 0.3) is 0 Å². The summed E-state index contributed by atoms with van der Waals surface area (Å²) in [6, 6.07) is -0.693. The van der Waals surface area contributed by atoms with Crippen molar-refractivity contribution in [2.75, 3.05) is 6.54 Å². The number of carboxylic acid groups (broad SMARTS) is 1. The van der Waals surface area contributed by atoms with Crippen LogP contribution in [0.5, 0.6) is 0 Å². The van der Waals surface area contributed by atoms with Gasteiger partial charge in [-0.2, -0.15) is 0 Å². The third-order valence-corrected chi connectivity index (χ3v) is 3.02. The first-order valence-corrected chi connectivity index (χ1v) is 6.75. The number of carboxylic acids is 1. The van der Waals surface area contributed by atoms with E-state index in [1.165, 1.54) is 0 Å². The lowest BCUT2D eigenvalue weighted by atomic mass is 10.0. The average molecular weight is 256 g/mol. The molecule has 0 saturated heterocycles. The van der Waals surface area contributed by atoms with E-state index in [1.54, 1.807) is 4.90 Å². The van der Waals surface area contributed by atoms with Crippen molar-refractivity contribution in [3.05, 3.63) is 0 Å². The van der Waals surface area contributed by atoms with Crippen molar-refractivity contribution in [2.24, 2.45) is 5.92 Å². The van der Waals surface area contributed by atoms with Crippen molar-refractivity contribution in [1.82, 2.24) is 10.2 Å². The lowest BCUT2D eigenvalue weighted by molar-refractivity contribution is -0.139. The lowest BCUT2D eigenvalue weighted by Gasteiger charge is -2.25. The van der Waals surface area contributed by atoms with E-state index in [0.29, 0.717) is 19.0 Å². The first-order chi connectivity index (χ1) is 8.45. The number of hydrogen-bond donors (Lipinski definition) is 2. The molecule has 18 heavy (non-hydrogen) atoms. The highest BCUT2D eigenvalue weighted by Gasteiger charge is 2.33. The zero-order valence-electron chi connectivity index (χ0n) is 11.5. The number of nitrogens with zero attached hydrogens (tertiary/aromatic N) is 1. The summed E-state index contributed by atoms with van der Waals surface area (Å²) >= 11 is 0. The van der Waals surface area contributed by atoms with Crippen LogP contribution in [0.25, 0.3) is 0 Å². The highest BCUT2D eigenvalue weighted by atomic mass is 16.4. The van der Waals surface area contributed by atoms with Gasteiger partial charge in [-0.3, -0.25) is 0 Å². The van der Waals surface area contributed by atoms with Gasteiger partial charge in [0.05, 0.1) is 0 Å². The van der Waals surface area contributed by atoms with Crippen molar-refractivity contribution in [1.29, 1.82) is 0 Å². The van der Waals surface area contributed by atoms with Gasteiger partial charge in [0, 0.05) is 12.6 Å². The number of aliphatic carboxylic acids is 1. The SMILES string of the molecule is CCCN(C(=O)N[C@H](CC(C)C)C(=O)O)C1CC1. The first-order valence-electron chi connectivity index (χ1n) is 6.75. The van der Waals surface area contributed by atoms with Crippen LogP contribution in [0.15, 0.2) is 0 Å². The second-order valence-electron chi connectivity index (χ2n) is 5.39. The Hall–Kier alpha value is -1.26. The minimum Gasteiger partial charge on any atom is -0.480 e. The molecule has 0 radical (unpaired) electrons. The van der Waals surface area contributed by atoms with Crippen LogP contribution in [0.1, 0.15) is 46.5 Å². The Labute approximate surface area is 109 Å². The van der Waals surface area contributed by atoms with E-state index >= 15 is 0 Å². The van der Waals surface area contributed by atoms with Gasteiger partial charge in [-0.15, -0.1) is 0 Å². The zero-order valence-corrected chi connectivity index (χ0v) is 11.5. The molecule has 5 heteroatoms. The molecule has 0 aromatic carbocycles. The van der Waals surface area contributed by atoms with Gasteiger partial charge < -0.3 is 15.3 Å². The fourth-order valence-corrected chi connectivity index (χ4v) is 2.00. The molecular weight excluding hydrogens is 232 g/mol. The molecule has 1 rings (SSSR count). The maximum absolute atomic E-state index is 12.1. The predicted octanol–water partition coefficient (Wildman–Crippen LogP) is 2.07. The Kier molecular flexibility index (Phi) is 5.44. The molecular formula is C13H24N2O3. The number of urea groups is 1. The van der Waals surface area contributed by atoms with Crippen molar-refractivity contribution in [3.8, 4) is 0 Å². The number of hydrogen-bond acceptors (Lipinski definition) is 2.